The van der Waals surface area contributed by atoms with Gasteiger partial charge in [-0.25, -0.2) is 9.78 Å². The normalized spacial score (nSPS) is 21.4. The number of benzene rings is 2. The molecule has 2 saturated heterocycles. The summed E-state index contributed by atoms with van der Waals surface area (Å²) in [5.41, 5.74) is 1.92. The number of ether oxygens (including phenoxy) is 1. The standard InChI is InChI=1S/C40H43F3N8O5/c1-48-36-30(51(39(48)55)31-13-15-34(52)46-38(31)54)12-14-32(56-2)35(36)24-16-18-49(19-17-24)21-23-6-9-27(10-7-23)50-22-25-20-26(8-11-28(25)47-50)44-37(53)29-4-3-5-33(45-29)40(41,42)43/h3-5,8,11-12,14,20,22-24,27,31H,6-7,9-10,13,15-19,21H2,1-2H3,(H,44,53)(H,46,52,54)/t23-,27-,31?. The van der Waals surface area contributed by atoms with Crippen molar-refractivity contribution in [2.24, 2.45) is 13.0 Å². The van der Waals surface area contributed by atoms with Crippen LogP contribution in [0.3, 0.4) is 0 Å². The van der Waals surface area contributed by atoms with Gasteiger partial charge in [0.2, 0.25) is 11.8 Å². The molecule has 3 fully saturated rings. The SMILES string of the molecule is COc1ccc2c(c1C1CCN(C[C@H]3CC[C@H](n4cc5cc(NC(=O)c6cccc(C(F)(F)F)n6)ccc5n4)CC3)CC1)n(C)c(=O)n2C1CCC(=O)NC1=O. The van der Waals surface area contributed by atoms with E-state index in [0.717, 1.165) is 98.0 Å². The molecule has 294 valence electrons. The van der Waals surface area contributed by atoms with Crippen LogP contribution in [0.15, 0.2) is 59.5 Å². The molecule has 5 heterocycles. The third kappa shape index (κ3) is 7.17. The first-order chi connectivity index (χ1) is 26.9. The summed E-state index contributed by atoms with van der Waals surface area (Å²) in [5, 5.41) is 10.7. The molecule has 16 heteroatoms. The highest BCUT2D eigenvalue weighted by Crippen LogP contribution is 2.41. The predicted octanol–water partition coefficient (Wildman–Crippen LogP) is 5.95. The maximum absolute atomic E-state index is 13.6. The Balaban J connectivity index is 0.878. The number of nitrogens with one attached hydrogen (secondary N) is 2. The number of likely N-dealkylation sites (tertiary alicyclic amines) is 1. The van der Waals surface area contributed by atoms with Crippen molar-refractivity contribution in [2.45, 2.75) is 75.5 Å². The number of alkyl halides is 3. The van der Waals surface area contributed by atoms with E-state index in [1.807, 2.05) is 23.0 Å². The number of aromatic nitrogens is 5. The number of piperidine rings is 2. The number of halogens is 3. The van der Waals surface area contributed by atoms with Crippen LogP contribution in [0.5, 0.6) is 5.75 Å². The zero-order valence-corrected chi connectivity index (χ0v) is 31.1. The van der Waals surface area contributed by atoms with Crippen molar-refractivity contribution in [3.63, 3.8) is 0 Å². The number of rotatable bonds is 8. The number of nitrogens with zero attached hydrogens (tertiary/aromatic N) is 6. The van der Waals surface area contributed by atoms with E-state index in [4.69, 9.17) is 9.84 Å². The van der Waals surface area contributed by atoms with Gasteiger partial charge in [-0.15, -0.1) is 0 Å². The van der Waals surface area contributed by atoms with E-state index in [1.165, 1.54) is 10.6 Å². The van der Waals surface area contributed by atoms with Gasteiger partial charge in [0.05, 0.1) is 29.7 Å². The average Bonchev–Trinajstić information content (AvgIpc) is 3.72. The Bertz CT molecular complexity index is 2380. The zero-order chi connectivity index (χ0) is 39.3. The summed E-state index contributed by atoms with van der Waals surface area (Å²) >= 11 is 0. The fraction of sp³-hybridized carbons (Fsp3) is 0.450. The Morgan fingerprint density at radius 3 is 2.46 bits per heavy atom. The fourth-order valence-corrected chi connectivity index (χ4v) is 8.87. The van der Waals surface area contributed by atoms with Crippen LogP contribution in [-0.4, -0.2) is 73.3 Å². The van der Waals surface area contributed by atoms with Crippen molar-refractivity contribution in [3.05, 3.63) is 82.2 Å². The number of carbonyl (C=O) groups is 3. The van der Waals surface area contributed by atoms with E-state index in [2.05, 4.69) is 20.5 Å². The summed E-state index contributed by atoms with van der Waals surface area (Å²) in [6.45, 7) is 2.84. The van der Waals surface area contributed by atoms with Gasteiger partial charge in [-0.1, -0.05) is 6.07 Å². The number of amides is 3. The molecule has 3 aromatic heterocycles. The van der Waals surface area contributed by atoms with E-state index >= 15 is 0 Å². The number of hydrogen-bond donors (Lipinski definition) is 2. The molecule has 3 aliphatic rings. The minimum atomic E-state index is -4.64. The van der Waals surface area contributed by atoms with Crippen molar-refractivity contribution >= 4 is 45.3 Å². The fourth-order valence-electron chi connectivity index (χ4n) is 8.87. The number of imidazole rings is 1. The average molecular weight is 773 g/mol. The van der Waals surface area contributed by atoms with Gasteiger partial charge in [0, 0.05) is 42.8 Å². The molecule has 0 bridgehead atoms. The first-order valence-corrected chi connectivity index (χ1v) is 19.1. The maximum Gasteiger partial charge on any atom is 0.433 e. The van der Waals surface area contributed by atoms with E-state index in [-0.39, 0.29) is 42.1 Å². The lowest BCUT2D eigenvalue weighted by Crippen LogP contribution is -2.44. The Morgan fingerprint density at radius 1 is 0.982 bits per heavy atom. The molecule has 2 aliphatic heterocycles. The molecule has 0 spiro atoms. The van der Waals surface area contributed by atoms with Crippen molar-refractivity contribution in [1.82, 2.24) is 34.1 Å². The van der Waals surface area contributed by atoms with Crippen molar-refractivity contribution < 1.29 is 32.3 Å². The van der Waals surface area contributed by atoms with Crippen LogP contribution in [-0.2, 0) is 22.8 Å². The number of methoxy groups -OCH3 is 1. The van der Waals surface area contributed by atoms with Gasteiger partial charge in [0.1, 0.15) is 23.2 Å². The first-order valence-electron chi connectivity index (χ1n) is 19.1. The second-order valence-corrected chi connectivity index (χ2v) is 15.2. The van der Waals surface area contributed by atoms with Crippen LogP contribution in [0.4, 0.5) is 18.9 Å². The largest absolute Gasteiger partial charge is 0.496 e. The van der Waals surface area contributed by atoms with Gasteiger partial charge in [-0.05, 0) is 112 Å². The summed E-state index contributed by atoms with van der Waals surface area (Å²) < 4.78 is 50.2. The molecular formula is C40H43F3N8O5. The third-order valence-corrected chi connectivity index (χ3v) is 11.7. The molecular weight excluding hydrogens is 729 g/mol. The van der Waals surface area contributed by atoms with Gasteiger partial charge in [0.25, 0.3) is 5.91 Å². The predicted molar refractivity (Wildman–Crippen MR) is 201 cm³/mol. The van der Waals surface area contributed by atoms with E-state index in [1.54, 1.807) is 36.9 Å². The second-order valence-electron chi connectivity index (χ2n) is 15.2. The Labute approximate surface area is 319 Å². The molecule has 5 aromatic rings. The molecule has 0 radical (unpaired) electrons. The molecule has 1 aliphatic carbocycles. The van der Waals surface area contributed by atoms with Crippen molar-refractivity contribution in [3.8, 4) is 5.75 Å². The van der Waals surface area contributed by atoms with Crippen LogP contribution in [0.2, 0.25) is 0 Å². The molecule has 1 atom stereocenters. The smallest absolute Gasteiger partial charge is 0.433 e. The maximum atomic E-state index is 13.6. The zero-order valence-electron chi connectivity index (χ0n) is 31.1. The topological polar surface area (TPSA) is 145 Å². The minimum Gasteiger partial charge on any atom is -0.496 e. The Kier molecular flexibility index (Phi) is 9.93. The molecule has 2 N–H and O–H groups in total. The van der Waals surface area contributed by atoms with E-state index in [9.17, 15) is 32.3 Å². The van der Waals surface area contributed by atoms with Gasteiger partial charge < -0.3 is 15.0 Å². The molecule has 8 rings (SSSR count). The molecule has 1 unspecified atom stereocenters. The molecule has 13 nitrogen and oxygen atoms in total. The summed E-state index contributed by atoms with van der Waals surface area (Å²) in [7, 11) is 3.37. The molecule has 1 saturated carbocycles. The van der Waals surface area contributed by atoms with Crippen LogP contribution >= 0.6 is 0 Å². The highest BCUT2D eigenvalue weighted by molar-refractivity contribution is 6.04. The lowest BCUT2D eigenvalue weighted by molar-refractivity contribution is -0.141. The van der Waals surface area contributed by atoms with Crippen LogP contribution < -0.4 is 21.1 Å². The number of aryl methyl sites for hydroxylation is 1. The monoisotopic (exact) mass is 772 g/mol. The Morgan fingerprint density at radius 2 is 1.75 bits per heavy atom. The second kappa shape index (κ2) is 14.9. The number of anilines is 1. The van der Waals surface area contributed by atoms with Gasteiger partial charge in [-0.3, -0.25) is 33.5 Å². The third-order valence-electron chi connectivity index (χ3n) is 11.7. The summed E-state index contributed by atoms with van der Waals surface area (Å²) in [6.07, 6.45) is 3.69. The lowest BCUT2D eigenvalue weighted by Gasteiger charge is -2.37. The highest BCUT2D eigenvalue weighted by atomic mass is 19.4. The van der Waals surface area contributed by atoms with Crippen LogP contribution in [0.1, 0.15) is 91.1 Å². The lowest BCUT2D eigenvalue weighted by atomic mass is 9.84. The number of carbonyl (C=O) groups excluding carboxylic acids is 3. The number of imide groups is 1. The molecule has 56 heavy (non-hydrogen) atoms. The quantitative estimate of drug-likeness (QED) is 0.184. The number of pyridine rings is 1. The molecule has 2 aromatic carbocycles. The minimum absolute atomic E-state index is 0.170. The van der Waals surface area contributed by atoms with Crippen molar-refractivity contribution in [2.75, 3.05) is 32.1 Å². The van der Waals surface area contributed by atoms with Crippen LogP contribution in [0, 0.1) is 5.92 Å². The summed E-state index contributed by atoms with van der Waals surface area (Å²) in [6, 6.07) is 11.7. The summed E-state index contributed by atoms with van der Waals surface area (Å²) in [4.78, 5) is 56.9. The van der Waals surface area contributed by atoms with Gasteiger partial charge >= 0.3 is 11.9 Å². The number of hydrogen-bond acceptors (Lipinski definition) is 8. The van der Waals surface area contributed by atoms with Gasteiger partial charge in [-0.2, -0.15) is 18.3 Å². The first kappa shape index (κ1) is 37.4. The van der Waals surface area contributed by atoms with Crippen LogP contribution in [0.25, 0.3) is 21.9 Å². The van der Waals surface area contributed by atoms with Gasteiger partial charge in [0.15, 0.2) is 0 Å². The van der Waals surface area contributed by atoms with E-state index in [0.29, 0.717) is 17.1 Å². The van der Waals surface area contributed by atoms with E-state index < -0.39 is 29.7 Å². The Hall–Kier alpha value is -5.51. The number of fused-ring (bicyclic) bond motifs is 2. The molecule has 3 amide bonds. The summed E-state index contributed by atoms with van der Waals surface area (Å²) in [5.74, 6) is -0.0500. The highest BCUT2D eigenvalue weighted by Gasteiger charge is 2.35. The van der Waals surface area contributed by atoms with Crippen molar-refractivity contribution in [1.29, 1.82) is 0 Å².